The number of hydrogen-bond donors (Lipinski definition) is 1. The van der Waals surface area contributed by atoms with E-state index in [1.54, 1.807) is 29.2 Å². The maximum atomic E-state index is 12.3. The maximum absolute atomic E-state index is 12.3. The average Bonchev–Trinajstić information content (AvgIpc) is 2.43. The number of anilines is 1. The Balaban J connectivity index is 2.71. The summed E-state index contributed by atoms with van der Waals surface area (Å²) in [6, 6.07) is 6.89. The third-order valence-corrected chi connectivity index (χ3v) is 3.12. The summed E-state index contributed by atoms with van der Waals surface area (Å²) in [6.45, 7) is 5.78. The average molecular weight is 291 g/mol. The number of nitrogens with one attached hydrogen (secondary N) is 1. The Bertz CT molecular complexity index is 486. The molecule has 0 heterocycles. The van der Waals surface area contributed by atoms with Crippen molar-refractivity contribution in [3.8, 4) is 0 Å². The Morgan fingerprint density at radius 2 is 1.86 bits per heavy atom. The summed E-state index contributed by atoms with van der Waals surface area (Å²) in [5.41, 5.74) is 1.25. The van der Waals surface area contributed by atoms with E-state index in [2.05, 4.69) is 5.32 Å². The zero-order chi connectivity index (χ0) is 15.8. The zero-order valence-corrected chi connectivity index (χ0v) is 13.3. The quantitative estimate of drug-likeness (QED) is 0.786. The topological polar surface area (TPSA) is 52.6 Å². The van der Waals surface area contributed by atoms with Gasteiger partial charge in [0.15, 0.2) is 5.78 Å². The van der Waals surface area contributed by atoms with Gasteiger partial charge in [0.05, 0.1) is 0 Å². The van der Waals surface area contributed by atoms with E-state index >= 15 is 0 Å². The monoisotopic (exact) mass is 291 g/mol. The summed E-state index contributed by atoms with van der Waals surface area (Å²) in [4.78, 5) is 27.5. The summed E-state index contributed by atoms with van der Waals surface area (Å²) in [5.74, 6) is -0.0101. The van der Waals surface area contributed by atoms with E-state index in [-0.39, 0.29) is 11.8 Å². The van der Waals surface area contributed by atoms with Crippen molar-refractivity contribution in [2.75, 3.05) is 39.0 Å². The van der Waals surface area contributed by atoms with Crippen molar-refractivity contribution in [3.05, 3.63) is 29.8 Å². The third kappa shape index (κ3) is 5.95. The molecule has 5 heteroatoms. The number of amides is 2. The van der Waals surface area contributed by atoms with E-state index in [4.69, 9.17) is 0 Å². The number of carbonyl (C=O) groups excluding carboxylic acids is 2. The fraction of sp³-hybridized carbons (Fsp3) is 0.500. The third-order valence-electron chi connectivity index (χ3n) is 3.12. The Kier molecular flexibility index (Phi) is 6.88. The number of nitrogens with zero attached hydrogens (tertiary/aromatic N) is 2. The molecule has 2 amide bonds. The highest BCUT2D eigenvalue weighted by molar-refractivity contribution is 5.96. The van der Waals surface area contributed by atoms with Crippen molar-refractivity contribution < 1.29 is 9.59 Å². The van der Waals surface area contributed by atoms with Crippen LogP contribution in [0, 0.1) is 0 Å². The summed E-state index contributed by atoms with van der Waals surface area (Å²) in [6.07, 6.45) is 0.911. The SMILES string of the molecule is CCCN(CCN(C)C)C(=O)Nc1cccc(C(C)=O)c1. The smallest absolute Gasteiger partial charge is 0.321 e. The number of benzene rings is 1. The lowest BCUT2D eigenvalue weighted by molar-refractivity contribution is 0.101. The first-order valence-corrected chi connectivity index (χ1v) is 7.25. The summed E-state index contributed by atoms with van der Waals surface area (Å²) >= 11 is 0. The molecule has 0 aliphatic rings. The molecule has 0 spiro atoms. The van der Waals surface area contributed by atoms with Crippen LogP contribution in [0.15, 0.2) is 24.3 Å². The fourth-order valence-electron chi connectivity index (χ4n) is 1.92. The minimum absolute atomic E-state index is 0.0101. The lowest BCUT2D eigenvalue weighted by Gasteiger charge is -2.24. The number of carbonyl (C=O) groups is 2. The number of rotatable bonds is 7. The van der Waals surface area contributed by atoms with E-state index in [0.29, 0.717) is 24.3 Å². The first kappa shape index (κ1) is 17.2. The summed E-state index contributed by atoms with van der Waals surface area (Å²) in [5, 5.41) is 2.86. The van der Waals surface area contributed by atoms with Crippen molar-refractivity contribution in [1.82, 2.24) is 9.80 Å². The molecule has 1 N–H and O–H groups in total. The second-order valence-electron chi connectivity index (χ2n) is 5.36. The summed E-state index contributed by atoms with van der Waals surface area (Å²) in [7, 11) is 3.97. The summed E-state index contributed by atoms with van der Waals surface area (Å²) < 4.78 is 0. The van der Waals surface area contributed by atoms with E-state index in [0.717, 1.165) is 13.0 Å². The van der Waals surface area contributed by atoms with Crippen LogP contribution in [-0.2, 0) is 0 Å². The molecule has 0 bridgehead atoms. The highest BCUT2D eigenvalue weighted by Gasteiger charge is 2.13. The van der Waals surface area contributed by atoms with Crippen molar-refractivity contribution in [2.45, 2.75) is 20.3 Å². The molecule has 0 aromatic heterocycles. The molecule has 0 radical (unpaired) electrons. The molecule has 0 aliphatic heterocycles. The van der Waals surface area contributed by atoms with Gasteiger partial charge in [-0.1, -0.05) is 19.1 Å². The minimum Gasteiger partial charge on any atom is -0.323 e. The first-order valence-electron chi connectivity index (χ1n) is 7.25. The minimum atomic E-state index is -0.126. The number of Topliss-reactive ketones (excluding diaryl/α,β-unsaturated/α-hetero) is 1. The van der Waals surface area contributed by atoms with Gasteiger partial charge in [-0.15, -0.1) is 0 Å². The molecular weight excluding hydrogens is 266 g/mol. The molecule has 0 atom stereocenters. The van der Waals surface area contributed by atoms with Crippen molar-refractivity contribution >= 4 is 17.5 Å². The largest absolute Gasteiger partial charge is 0.323 e. The van der Waals surface area contributed by atoms with Crippen LogP contribution in [0.5, 0.6) is 0 Å². The van der Waals surface area contributed by atoms with Crippen molar-refractivity contribution in [3.63, 3.8) is 0 Å². The Morgan fingerprint density at radius 1 is 1.14 bits per heavy atom. The van der Waals surface area contributed by atoms with Gasteiger partial charge >= 0.3 is 6.03 Å². The Labute approximate surface area is 126 Å². The molecule has 5 nitrogen and oxygen atoms in total. The molecule has 1 rings (SSSR count). The first-order chi connectivity index (χ1) is 9.93. The fourth-order valence-corrected chi connectivity index (χ4v) is 1.92. The second-order valence-corrected chi connectivity index (χ2v) is 5.36. The van der Waals surface area contributed by atoms with Crippen LogP contribution in [0.4, 0.5) is 10.5 Å². The molecule has 0 unspecified atom stereocenters. The Morgan fingerprint density at radius 3 is 2.43 bits per heavy atom. The normalized spacial score (nSPS) is 10.5. The van der Waals surface area contributed by atoms with Crippen LogP contribution in [-0.4, -0.2) is 55.3 Å². The van der Waals surface area contributed by atoms with E-state index in [1.165, 1.54) is 6.92 Å². The van der Waals surface area contributed by atoms with Crippen LogP contribution in [0.25, 0.3) is 0 Å². The molecule has 0 fully saturated rings. The van der Waals surface area contributed by atoms with Gasteiger partial charge < -0.3 is 15.1 Å². The molecule has 116 valence electrons. The number of likely N-dealkylation sites (N-methyl/N-ethyl adjacent to an activating group) is 1. The number of ketones is 1. The molecule has 1 aromatic rings. The molecule has 0 saturated carbocycles. The number of hydrogen-bond acceptors (Lipinski definition) is 3. The predicted molar refractivity (Wildman–Crippen MR) is 85.9 cm³/mol. The molecular formula is C16H25N3O2. The van der Waals surface area contributed by atoms with E-state index < -0.39 is 0 Å². The van der Waals surface area contributed by atoms with E-state index in [9.17, 15) is 9.59 Å². The van der Waals surface area contributed by atoms with Gasteiger partial charge in [-0.05, 0) is 39.6 Å². The van der Waals surface area contributed by atoms with Crippen molar-refractivity contribution in [2.24, 2.45) is 0 Å². The van der Waals surface area contributed by atoms with Gasteiger partial charge in [0.1, 0.15) is 0 Å². The highest BCUT2D eigenvalue weighted by atomic mass is 16.2. The molecule has 21 heavy (non-hydrogen) atoms. The highest BCUT2D eigenvalue weighted by Crippen LogP contribution is 2.12. The van der Waals surface area contributed by atoms with Gasteiger partial charge in [-0.3, -0.25) is 4.79 Å². The van der Waals surface area contributed by atoms with Crippen LogP contribution in [0.2, 0.25) is 0 Å². The standard InChI is InChI=1S/C16H25N3O2/c1-5-9-19(11-10-18(3)4)16(21)17-15-8-6-7-14(12-15)13(2)20/h6-8,12H,5,9-11H2,1-4H3,(H,17,21). The van der Waals surface area contributed by atoms with Crippen LogP contribution >= 0.6 is 0 Å². The van der Waals surface area contributed by atoms with Crippen LogP contribution in [0.1, 0.15) is 30.6 Å². The van der Waals surface area contributed by atoms with Crippen molar-refractivity contribution in [1.29, 1.82) is 0 Å². The van der Waals surface area contributed by atoms with Gasteiger partial charge in [0.25, 0.3) is 0 Å². The maximum Gasteiger partial charge on any atom is 0.321 e. The molecule has 0 aliphatic carbocycles. The zero-order valence-electron chi connectivity index (χ0n) is 13.3. The Hall–Kier alpha value is -1.88. The lowest BCUT2D eigenvalue weighted by atomic mass is 10.1. The van der Waals surface area contributed by atoms with Gasteiger partial charge in [-0.2, -0.15) is 0 Å². The molecule has 0 saturated heterocycles. The lowest BCUT2D eigenvalue weighted by Crippen LogP contribution is -2.39. The predicted octanol–water partition coefficient (Wildman–Crippen LogP) is 2.69. The molecule has 1 aromatic carbocycles. The van der Waals surface area contributed by atoms with Crippen LogP contribution < -0.4 is 5.32 Å². The van der Waals surface area contributed by atoms with Gasteiger partial charge in [0.2, 0.25) is 0 Å². The number of urea groups is 1. The van der Waals surface area contributed by atoms with Gasteiger partial charge in [-0.25, -0.2) is 4.79 Å². The second kappa shape index (κ2) is 8.42. The van der Waals surface area contributed by atoms with Gasteiger partial charge in [0, 0.05) is 30.9 Å². The van der Waals surface area contributed by atoms with E-state index in [1.807, 2.05) is 25.9 Å². The van der Waals surface area contributed by atoms with Crippen LogP contribution in [0.3, 0.4) is 0 Å².